The molecule has 0 amide bonds. The lowest BCUT2D eigenvalue weighted by Crippen LogP contribution is -2.05. The Bertz CT molecular complexity index is 254. The summed E-state index contributed by atoms with van der Waals surface area (Å²) < 4.78 is 0. The summed E-state index contributed by atoms with van der Waals surface area (Å²) in [6, 6.07) is 4.25. The molecule has 0 aliphatic rings. The van der Waals surface area contributed by atoms with Gasteiger partial charge in [0.25, 0.3) is 0 Å². The first-order valence-corrected chi connectivity index (χ1v) is 4.18. The van der Waals surface area contributed by atoms with E-state index in [4.69, 9.17) is 11.5 Å². The largest absolute Gasteiger partial charge is 0.326 e. The van der Waals surface area contributed by atoms with E-state index in [0.29, 0.717) is 13.1 Å². The van der Waals surface area contributed by atoms with Gasteiger partial charge in [-0.05, 0) is 36.1 Å². The monoisotopic (exact) mass is 164 g/mol. The first kappa shape index (κ1) is 9.23. The molecule has 0 bridgehead atoms. The quantitative estimate of drug-likeness (QED) is 0.690. The van der Waals surface area contributed by atoms with Crippen LogP contribution >= 0.6 is 0 Å². The van der Waals surface area contributed by atoms with Crippen molar-refractivity contribution in [2.75, 3.05) is 0 Å². The maximum absolute atomic E-state index is 5.58. The van der Waals surface area contributed by atoms with Crippen LogP contribution in [0.4, 0.5) is 0 Å². The summed E-state index contributed by atoms with van der Waals surface area (Å²) in [7, 11) is 0. The lowest BCUT2D eigenvalue weighted by atomic mass is 10.0. The Balaban J connectivity index is 3.18. The van der Waals surface area contributed by atoms with Crippen molar-refractivity contribution in [1.29, 1.82) is 0 Å². The van der Waals surface area contributed by atoms with E-state index in [0.717, 1.165) is 0 Å². The highest BCUT2D eigenvalue weighted by Crippen LogP contribution is 2.14. The average molecular weight is 164 g/mol. The molecular formula is C10H16N2. The molecular weight excluding hydrogens is 148 g/mol. The molecule has 0 heterocycles. The van der Waals surface area contributed by atoms with Crippen molar-refractivity contribution < 1.29 is 0 Å². The van der Waals surface area contributed by atoms with E-state index < -0.39 is 0 Å². The summed E-state index contributed by atoms with van der Waals surface area (Å²) in [6.45, 7) is 5.35. The number of hydrogen-bond acceptors (Lipinski definition) is 2. The second-order valence-corrected chi connectivity index (χ2v) is 3.11. The van der Waals surface area contributed by atoms with Gasteiger partial charge in [0.2, 0.25) is 0 Å². The third-order valence-electron chi connectivity index (χ3n) is 2.23. The predicted molar refractivity (Wildman–Crippen MR) is 51.7 cm³/mol. The summed E-state index contributed by atoms with van der Waals surface area (Å²) in [4.78, 5) is 0. The molecule has 0 aliphatic carbocycles. The third kappa shape index (κ3) is 1.65. The van der Waals surface area contributed by atoms with Crippen LogP contribution in [0.5, 0.6) is 0 Å². The number of hydrogen-bond donors (Lipinski definition) is 2. The van der Waals surface area contributed by atoms with Gasteiger partial charge in [-0.3, -0.25) is 0 Å². The van der Waals surface area contributed by atoms with Crippen molar-refractivity contribution in [1.82, 2.24) is 0 Å². The van der Waals surface area contributed by atoms with Crippen LogP contribution in [-0.2, 0) is 13.1 Å². The lowest BCUT2D eigenvalue weighted by molar-refractivity contribution is 0.996. The Morgan fingerprint density at radius 1 is 0.917 bits per heavy atom. The molecule has 1 aromatic rings. The Hall–Kier alpha value is -0.860. The molecule has 0 spiro atoms. The van der Waals surface area contributed by atoms with Crippen molar-refractivity contribution >= 4 is 0 Å². The Kier molecular flexibility index (Phi) is 2.84. The number of aryl methyl sites for hydroxylation is 2. The molecule has 0 aromatic heterocycles. The zero-order chi connectivity index (χ0) is 9.14. The van der Waals surface area contributed by atoms with Crippen LogP contribution in [0, 0.1) is 13.8 Å². The van der Waals surface area contributed by atoms with E-state index in [-0.39, 0.29) is 0 Å². The molecule has 2 heteroatoms. The maximum Gasteiger partial charge on any atom is 0.0180 e. The topological polar surface area (TPSA) is 52.0 Å². The van der Waals surface area contributed by atoms with Gasteiger partial charge in [0.1, 0.15) is 0 Å². The smallest absolute Gasteiger partial charge is 0.0180 e. The highest BCUT2D eigenvalue weighted by atomic mass is 14.5. The summed E-state index contributed by atoms with van der Waals surface area (Å²) in [5.74, 6) is 0. The van der Waals surface area contributed by atoms with Crippen LogP contribution < -0.4 is 11.5 Å². The standard InChI is InChI=1S/C10H16N2/c1-7-3-8(2)10(6-12)4-9(7)5-11/h3-4H,5-6,11-12H2,1-2H3. The van der Waals surface area contributed by atoms with Crippen LogP contribution in [-0.4, -0.2) is 0 Å². The van der Waals surface area contributed by atoms with Crippen molar-refractivity contribution in [3.05, 3.63) is 34.4 Å². The fraction of sp³-hybridized carbons (Fsp3) is 0.400. The SMILES string of the molecule is Cc1cc(C)c(CN)cc1CN. The van der Waals surface area contributed by atoms with Crippen LogP contribution in [0.1, 0.15) is 22.3 Å². The minimum absolute atomic E-state index is 0.596. The fourth-order valence-electron chi connectivity index (χ4n) is 1.39. The van der Waals surface area contributed by atoms with E-state index in [1.165, 1.54) is 22.3 Å². The fourth-order valence-corrected chi connectivity index (χ4v) is 1.39. The second-order valence-electron chi connectivity index (χ2n) is 3.11. The zero-order valence-electron chi connectivity index (χ0n) is 7.72. The Labute approximate surface area is 73.6 Å². The van der Waals surface area contributed by atoms with Crippen molar-refractivity contribution in [2.24, 2.45) is 11.5 Å². The molecule has 0 saturated carbocycles. The molecule has 66 valence electrons. The lowest BCUT2D eigenvalue weighted by Gasteiger charge is -2.08. The van der Waals surface area contributed by atoms with E-state index in [9.17, 15) is 0 Å². The van der Waals surface area contributed by atoms with Crippen molar-refractivity contribution in [3.63, 3.8) is 0 Å². The molecule has 1 aromatic carbocycles. The number of benzene rings is 1. The second kappa shape index (κ2) is 3.70. The van der Waals surface area contributed by atoms with Crippen LogP contribution in [0.25, 0.3) is 0 Å². The molecule has 12 heavy (non-hydrogen) atoms. The van der Waals surface area contributed by atoms with Gasteiger partial charge in [-0.25, -0.2) is 0 Å². The zero-order valence-corrected chi connectivity index (χ0v) is 7.72. The van der Waals surface area contributed by atoms with Gasteiger partial charge >= 0.3 is 0 Å². The minimum Gasteiger partial charge on any atom is -0.326 e. The molecule has 0 aliphatic heterocycles. The molecule has 0 unspecified atom stereocenters. The van der Waals surface area contributed by atoms with E-state index >= 15 is 0 Å². The average Bonchev–Trinajstić information content (AvgIpc) is 2.05. The summed E-state index contributed by atoms with van der Waals surface area (Å²) in [5.41, 5.74) is 16.1. The summed E-state index contributed by atoms with van der Waals surface area (Å²) in [5, 5.41) is 0. The summed E-state index contributed by atoms with van der Waals surface area (Å²) >= 11 is 0. The first-order chi connectivity index (χ1) is 5.69. The van der Waals surface area contributed by atoms with Gasteiger partial charge in [0.05, 0.1) is 0 Å². The van der Waals surface area contributed by atoms with E-state index in [1.54, 1.807) is 0 Å². The molecule has 4 N–H and O–H groups in total. The molecule has 1 rings (SSSR count). The Morgan fingerprint density at radius 3 is 1.67 bits per heavy atom. The van der Waals surface area contributed by atoms with Gasteiger partial charge in [-0.15, -0.1) is 0 Å². The molecule has 0 saturated heterocycles. The molecule has 0 atom stereocenters. The van der Waals surface area contributed by atoms with Gasteiger partial charge in [0.15, 0.2) is 0 Å². The van der Waals surface area contributed by atoms with Crippen LogP contribution in [0.2, 0.25) is 0 Å². The number of nitrogens with two attached hydrogens (primary N) is 2. The molecule has 0 radical (unpaired) electrons. The van der Waals surface area contributed by atoms with Crippen LogP contribution in [0.3, 0.4) is 0 Å². The number of rotatable bonds is 2. The maximum atomic E-state index is 5.58. The van der Waals surface area contributed by atoms with Crippen molar-refractivity contribution in [2.45, 2.75) is 26.9 Å². The highest BCUT2D eigenvalue weighted by Gasteiger charge is 2.01. The van der Waals surface area contributed by atoms with Gasteiger partial charge in [-0.1, -0.05) is 12.1 Å². The van der Waals surface area contributed by atoms with Crippen molar-refractivity contribution in [3.8, 4) is 0 Å². The van der Waals surface area contributed by atoms with Gasteiger partial charge < -0.3 is 11.5 Å². The Morgan fingerprint density at radius 2 is 1.33 bits per heavy atom. The first-order valence-electron chi connectivity index (χ1n) is 4.18. The van der Waals surface area contributed by atoms with E-state index in [2.05, 4.69) is 26.0 Å². The third-order valence-corrected chi connectivity index (χ3v) is 2.23. The predicted octanol–water partition coefficient (Wildman–Crippen LogP) is 1.22. The van der Waals surface area contributed by atoms with Crippen LogP contribution in [0.15, 0.2) is 12.1 Å². The molecule has 2 nitrogen and oxygen atoms in total. The minimum atomic E-state index is 0.596. The van der Waals surface area contributed by atoms with Gasteiger partial charge in [0, 0.05) is 13.1 Å². The summed E-state index contributed by atoms with van der Waals surface area (Å²) in [6.07, 6.45) is 0. The normalized spacial score (nSPS) is 10.3. The molecule has 0 fully saturated rings. The highest BCUT2D eigenvalue weighted by molar-refractivity contribution is 5.36. The van der Waals surface area contributed by atoms with Gasteiger partial charge in [-0.2, -0.15) is 0 Å². The van der Waals surface area contributed by atoms with E-state index in [1.807, 2.05) is 0 Å².